The van der Waals surface area contributed by atoms with E-state index in [0.29, 0.717) is 33.8 Å². The summed E-state index contributed by atoms with van der Waals surface area (Å²) in [6, 6.07) is 5.29. The lowest BCUT2D eigenvalue weighted by Crippen LogP contribution is -2.00. The van der Waals surface area contributed by atoms with Gasteiger partial charge in [0, 0.05) is 6.20 Å². The first-order chi connectivity index (χ1) is 10.2. The van der Waals surface area contributed by atoms with Gasteiger partial charge in [-0.1, -0.05) is 11.6 Å². The second-order valence-electron chi connectivity index (χ2n) is 4.13. The quantitative estimate of drug-likeness (QED) is 0.798. The maximum atomic E-state index is 6.06. The summed E-state index contributed by atoms with van der Waals surface area (Å²) >= 11 is 6.06. The van der Waals surface area contributed by atoms with Crippen LogP contribution in [0.5, 0.6) is 11.6 Å². The van der Waals surface area contributed by atoms with Crippen molar-refractivity contribution in [1.29, 1.82) is 0 Å². The molecule has 3 aromatic heterocycles. The van der Waals surface area contributed by atoms with E-state index < -0.39 is 0 Å². The van der Waals surface area contributed by atoms with E-state index in [4.69, 9.17) is 21.1 Å². The maximum Gasteiger partial charge on any atom is 0.258 e. The molecule has 3 heterocycles. The topological polar surface area (TPSA) is 73.6 Å². The Labute approximate surface area is 125 Å². The average molecular weight is 306 g/mol. The normalized spacial score (nSPS) is 10.6. The van der Waals surface area contributed by atoms with Crippen LogP contribution in [0, 0.1) is 0 Å². The van der Waals surface area contributed by atoms with Crippen molar-refractivity contribution in [2.45, 2.75) is 0 Å². The monoisotopic (exact) mass is 305 g/mol. The van der Waals surface area contributed by atoms with E-state index in [1.807, 2.05) is 0 Å². The number of hydrogen-bond donors (Lipinski definition) is 1. The number of nitrogens with zero attached hydrogens (tertiary/aromatic N) is 4. The number of ether oxygens (including phenoxy) is 2. The molecule has 0 unspecified atom stereocenters. The molecule has 108 valence electrons. The Morgan fingerprint density at radius 2 is 2.10 bits per heavy atom. The van der Waals surface area contributed by atoms with Crippen LogP contribution < -0.4 is 14.8 Å². The highest BCUT2D eigenvalue weighted by Gasteiger charge is 2.10. The molecule has 0 aliphatic carbocycles. The standard InChI is InChI=1S/C13H12ClN5O2/c1-20-10-3-4-11(18-13(10)21-2)17-9-5-8(14)6-19-12(9)15-7-16-19/h3-7H,1-2H3,(H,17,18). The van der Waals surface area contributed by atoms with E-state index in [9.17, 15) is 0 Å². The van der Waals surface area contributed by atoms with Gasteiger partial charge in [-0.25, -0.2) is 9.50 Å². The average Bonchev–Trinajstić information content (AvgIpc) is 2.95. The van der Waals surface area contributed by atoms with Crippen molar-refractivity contribution in [2.75, 3.05) is 19.5 Å². The molecule has 0 aliphatic rings. The van der Waals surface area contributed by atoms with Gasteiger partial charge in [-0.05, 0) is 18.2 Å². The van der Waals surface area contributed by atoms with Crippen molar-refractivity contribution in [3.63, 3.8) is 0 Å². The largest absolute Gasteiger partial charge is 0.491 e. The van der Waals surface area contributed by atoms with Gasteiger partial charge in [0.1, 0.15) is 12.1 Å². The van der Waals surface area contributed by atoms with Crippen molar-refractivity contribution >= 4 is 28.8 Å². The molecule has 0 amide bonds. The fourth-order valence-electron chi connectivity index (χ4n) is 1.92. The third kappa shape index (κ3) is 2.55. The van der Waals surface area contributed by atoms with Crippen molar-refractivity contribution in [3.8, 4) is 11.6 Å². The van der Waals surface area contributed by atoms with Gasteiger partial charge in [0.05, 0.1) is 24.9 Å². The van der Waals surface area contributed by atoms with Crippen LogP contribution in [0.2, 0.25) is 5.02 Å². The number of hydrogen-bond acceptors (Lipinski definition) is 6. The Kier molecular flexibility index (Phi) is 3.49. The molecule has 0 aromatic carbocycles. The zero-order valence-electron chi connectivity index (χ0n) is 11.4. The number of aromatic nitrogens is 4. The predicted molar refractivity (Wildman–Crippen MR) is 78.6 cm³/mol. The zero-order chi connectivity index (χ0) is 14.8. The van der Waals surface area contributed by atoms with Crippen LogP contribution in [0.3, 0.4) is 0 Å². The van der Waals surface area contributed by atoms with Crippen LogP contribution in [0.15, 0.2) is 30.7 Å². The molecule has 7 nitrogen and oxygen atoms in total. The van der Waals surface area contributed by atoms with Gasteiger partial charge in [0.2, 0.25) is 0 Å². The Bertz CT molecular complexity index is 789. The molecule has 0 fully saturated rings. The predicted octanol–water partition coefficient (Wildman–Crippen LogP) is 2.54. The van der Waals surface area contributed by atoms with Crippen molar-refractivity contribution in [3.05, 3.63) is 35.7 Å². The van der Waals surface area contributed by atoms with Crippen LogP contribution in [0.25, 0.3) is 5.65 Å². The Morgan fingerprint density at radius 1 is 1.24 bits per heavy atom. The Hall–Kier alpha value is -2.54. The van der Waals surface area contributed by atoms with Gasteiger partial charge >= 0.3 is 0 Å². The molecule has 21 heavy (non-hydrogen) atoms. The maximum absolute atomic E-state index is 6.06. The van der Waals surface area contributed by atoms with Gasteiger partial charge in [-0.2, -0.15) is 10.1 Å². The van der Waals surface area contributed by atoms with Crippen LogP contribution in [0.4, 0.5) is 11.5 Å². The van der Waals surface area contributed by atoms with Crippen molar-refractivity contribution in [1.82, 2.24) is 19.6 Å². The zero-order valence-corrected chi connectivity index (χ0v) is 12.1. The fourth-order valence-corrected chi connectivity index (χ4v) is 2.12. The third-order valence-electron chi connectivity index (χ3n) is 2.84. The minimum atomic E-state index is 0.391. The number of rotatable bonds is 4. The molecular formula is C13H12ClN5O2. The molecule has 1 N–H and O–H groups in total. The van der Waals surface area contributed by atoms with Gasteiger partial charge in [0.25, 0.3) is 5.88 Å². The molecule has 3 rings (SSSR count). The molecular weight excluding hydrogens is 294 g/mol. The highest BCUT2D eigenvalue weighted by molar-refractivity contribution is 6.30. The fraction of sp³-hybridized carbons (Fsp3) is 0.154. The van der Waals surface area contributed by atoms with E-state index in [1.165, 1.54) is 13.4 Å². The lowest BCUT2D eigenvalue weighted by atomic mass is 10.3. The first kappa shape index (κ1) is 13.4. The van der Waals surface area contributed by atoms with E-state index in [1.54, 1.807) is 36.0 Å². The number of nitrogens with one attached hydrogen (secondary N) is 1. The summed E-state index contributed by atoms with van der Waals surface area (Å²) in [4.78, 5) is 8.50. The minimum Gasteiger partial charge on any atom is -0.491 e. The van der Waals surface area contributed by atoms with Crippen LogP contribution in [0.1, 0.15) is 0 Å². The highest BCUT2D eigenvalue weighted by Crippen LogP contribution is 2.28. The van der Waals surface area contributed by atoms with Crippen LogP contribution in [-0.4, -0.2) is 33.8 Å². The van der Waals surface area contributed by atoms with Crippen molar-refractivity contribution < 1.29 is 9.47 Å². The molecule has 0 atom stereocenters. The molecule has 3 aromatic rings. The number of fused-ring (bicyclic) bond motifs is 1. The number of halogens is 1. The lowest BCUT2D eigenvalue weighted by Gasteiger charge is -2.10. The van der Waals surface area contributed by atoms with Gasteiger partial charge < -0.3 is 14.8 Å². The van der Waals surface area contributed by atoms with Crippen molar-refractivity contribution in [2.24, 2.45) is 0 Å². The molecule has 0 bridgehead atoms. The van der Waals surface area contributed by atoms with E-state index in [2.05, 4.69) is 20.4 Å². The molecule has 0 aliphatic heterocycles. The first-order valence-electron chi connectivity index (χ1n) is 6.06. The summed E-state index contributed by atoms with van der Waals surface area (Å²) in [5.41, 5.74) is 1.34. The number of pyridine rings is 2. The molecule has 0 saturated heterocycles. The Balaban J connectivity index is 2.00. The van der Waals surface area contributed by atoms with Gasteiger partial charge in [-0.15, -0.1) is 0 Å². The summed E-state index contributed by atoms with van der Waals surface area (Å²) in [6.07, 6.45) is 3.13. The SMILES string of the molecule is COc1ccc(Nc2cc(Cl)cn3ncnc23)nc1OC. The lowest BCUT2D eigenvalue weighted by molar-refractivity contribution is 0.343. The highest BCUT2D eigenvalue weighted by atomic mass is 35.5. The van der Waals surface area contributed by atoms with E-state index >= 15 is 0 Å². The van der Waals surface area contributed by atoms with E-state index in [0.717, 1.165) is 0 Å². The van der Waals surface area contributed by atoms with E-state index in [-0.39, 0.29) is 0 Å². The molecule has 0 saturated carbocycles. The summed E-state index contributed by atoms with van der Waals surface area (Å²) in [5, 5.41) is 7.74. The second-order valence-corrected chi connectivity index (χ2v) is 4.57. The second kappa shape index (κ2) is 5.45. The van der Waals surface area contributed by atoms with Crippen LogP contribution >= 0.6 is 11.6 Å². The molecule has 0 spiro atoms. The Morgan fingerprint density at radius 3 is 2.86 bits per heavy atom. The summed E-state index contributed by atoms with van der Waals surface area (Å²) in [5.74, 6) is 1.53. The number of methoxy groups -OCH3 is 2. The smallest absolute Gasteiger partial charge is 0.258 e. The summed E-state index contributed by atoms with van der Waals surface area (Å²) in [7, 11) is 3.09. The van der Waals surface area contributed by atoms with Gasteiger partial charge in [0.15, 0.2) is 11.4 Å². The third-order valence-corrected chi connectivity index (χ3v) is 3.05. The minimum absolute atomic E-state index is 0.391. The summed E-state index contributed by atoms with van der Waals surface area (Å²) < 4.78 is 11.9. The summed E-state index contributed by atoms with van der Waals surface area (Å²) in [6.45, 7) is 0. The van der Waals surface area contributed by atoms with Crippen LogP contribution in [-0.2, 0) is 0 Å². The molecule has 0 radical (unpaired) electrons. The number of anilines is 2. The first-order valence-corrected chi connectivity index (χ1v) is 6.44. The van der Waals surface area contributed by atoms with Gasteiger partial charge in [-0.3, -0.25) is 0 Å². The molecule has 8 heteroatoms.